The van der Waals surface area contributed by atoms with E-state index in [4.69, 9.17) is 14.0 Å². The van der Waals surface area contributed by atoms with E-state index in [0.29, 0.717) is 0 Å². The molecule has 0 atom stereocenters. The van der Waals surface area contributed by atoms with E-state index < -0.39 is 19.8 Å². The average Bonchev–Trinajstić information content (AvgIpc) is 3.33. The zero-order valence-electron chi connectivity index (χ0n) is 14.0. The van der Waals surface area contributed by atoms with Crippen molar-refractivity contribution in [2.45, 2.75) is 4.94 Å². The van der Waals surface area contributed by atoms with Crippen LogP contribution in [0.3, 0.4) is 0 Å². The van der Waals surface area contributed by atoms with Gasteiger partial charge in [0.2, 0.25) is 0 Å². The van der Waals surface area contributed by atoms with Gasteiger partial charge in [-0.25, -0.2) is 0 Å². The van der Waals surface area contributed by atoms with Crippen LogP contribution < -0.4 is 7.16 Å². The molecule has 3 nitrogen and oxygen atoms in total. The van der Waals surface area contributed by atoms with Crippen molar-refractivity contribution in [1.82, 2.24) is 0 Å². The standard InChI is InChI=1S/2C6H5.C5H.3CO.CH3.Sn.W/c2*1-2-4-6-5-3-1;1-2-4-5-3-1;3*1-2;;;/h2*1-5H;1H;;;;1H3;;/q;;-5;;;;;;. The van der Waals surface area contributed by atoms with E-state index in [2.05, 4.69) is 110 Å². The van der Waals surface area contributed by atoms with Crippen molar-refractivity contribution < 1.29 is 35.0 Å². The Morgan fingerprint density at radius 1 is 0.692 bits per heavy atom. The molecule has 0 heterocycles. The molecule has 0 aromatic heterocycles. The van der Waals surface area contributed by atoms with E-state index in [9.17, 15) is 0 Å². The molecule has 26 heavy (non-hydrogen) atoms. The van der Waals surface area contributed by atoms with Gasteiger partial charge in [0.05, 0.1) is 0 Å². The molecule has 0 aliphatic heterocycles. The van der Waals surface area contributed by atoms with E-state index in [1.807, 2.05) is 0 Å². The van der Waals surface area contributed by atoms with Crippen molar-refractivity contribution in [2.75, 3.05) is 0 Å². The predicted molar refractivity (Wildman–Crippen MR) is 92.9 cm³/mol. The van der Waals surface area contributed by atoms with Crippen molar-refractivity contribution in [3.8, 4) is 0 Å². The van der Waals surface area contributed by atoms with E-state index >= 15 is 0 Å². The van der Waals surface area contributed by atoms with Crippen LogP contribution in [-0.4, -0.2) is 19.8 Å². The summed E-state index contributed by atoms with van der Waals surface area (Å²) < 4.78 is 25.6. The second kappa shape index (κ2) is 23.5. The minimum Gasteiger partial charge on any atom is -0.999 e. The molecule has 0 N–H and O–H groups in total. The summed E-state index contributed by atoms with van der Waals surface area (Å²) >= 11 is -1.50. The minimum absolute atomic E-state index is 0. The van der Waals surface area contributed by atoms with Gasteiger partial charge in [0.1, 0.15) is 0 Å². The summed E-state index contributed by atoms with van der Waals surface area (Å²) in [5.74, 6) is 0. The van der Waals surface area contributed by atoms with Gasteiger partial charge in [0.15, 0.2) is 0 Å². The molecular formula is C21H14O3SnW-5. The molecule has 3 aromatic carbocycles. The van der Waals surface area contributed by atoms with Crippen molar-refractivity contribution >= 4 is 26.9 Å². The molecule has 0 saturated carbocycles. The predicted octanol–water partition coefficient (Wildman–Crippen LogP) is 2.42. The van der Waals surface area contributed by atoms with Crippen molar-refractivity contribution in [2.24, 2.45) is 0 Å². The van der Waals surface area contributed by atoms with Gasteiger partial charge in [-0.05, 0) is 0 Å². The van der Waals surface area contributed by atoms with Crippen LogP contribution in [0.25, 0.3) is 0 Å². The summed E-state index contributed by atoms with van der Waals surface area (Å²) in [5.41, 5.74) is 0. The third kappa shape index (κ3) is 13.8. The molecule has 0 aliphatic rings. The SMILES string of the molecule is [C-]#[O+].[C-]#[O+].[C-]#[O+].[CH3][Sn]([c]1ccccc1)[c]1ccccc1.[W].[c-]1[c-][c-][cH-][c-]1. The van der Waals surface area contributed by atoms with Crippen LogP contribution in [0.2, 0.25) is 4.94 Å². The fourth-order valence-electron chi connectivity index (χ4n) is 1.72. The van der Waals surface area contributed by atoms with Crippen LogP contribution in [0.5, 0.6) is 0 Å². The Morgan fingerprint density at radius 3 is 1.23 bits per heavy atom. The van der Waals surface area contributed by atoms with Crippen LogP contribution in [0.15, 0.2) is 66.7 Å². The Labute approximate surface area is 177 Å². The third-order valence-corrected chi connectivity index (χ3v) is 9.61. The van der Waals surface area contributed by atoms with Crippen molar-refractivity contribution in [3.05, 3.63) is 111 Å². The first kappa shape index (κ1) is 29.3. The Balaban J connectivity index is -0.000000371. The van der Waals surface area contributed by atoms with E-state index in [-0.39, 0.29) is 21.1 Å². The maximum atomic E-state index is 7.50. The summed E-state index contributed by atoms with van der Waals surface area (Å²) in [5, 5.41) is 0. The average molecular weight is 617 g/mol. The molecule has 0 saturated heterocycles. The maximum absolute atomic E-state index is 7.50. The molecule has 1 radical (unpaired) electrons. The molecular weight excluding hydrogens is 603 g/mol. The molecule has 131 valence electrons. The maximum Gasteiger partial charge on any atom is 0 e. The first-order valence-electron chi connectivity index (χ1n) is 6.76. The topological polar surface area (TPSA) is 59.7 Å². The zero-order chi connectivity index (χ0) is 19.3. The Morgan fingerprint density at radius 2 is 1.00 bits per heavy atom. The number of hydrogen-bond acceptors (Lipinski definition) is 0. The van der Waals surface area contributed by atoms with E-state index in [1.54, 1.807) is 13.2 Å². The van der Waals surface area contributed by atoms with E-state index in [0.717, 1.165) is 0 Å². The summed E-state index contributed by atoms with van der Waals surface area (Å²) in [6.45, 7) is 13.5. The van der Waals surface area contributed by atoms with Gasteiger partial charge < -0.3 is 30.3 Å². The van der Waals surface area contributed by atoms with Crippen molar-refractivity contribution in [1.29, 1.82) is 0 Å². The zero-order valence-corrected chi connectivity index (χ0v) is 19.8. The van der Waals surface area contributed by atoms with Gasteiger partial charge in [-0.15, -0.1) is 0 Å². The van der Waals surface area contributed by atoms with Crippen LogP contribution in [-0.2, 0) is 35.0 Å². The summed E-state index contributed by atoms with van der Waals surface area (Å²) in [4.78, 5) is 2.44. The molecule has 0 aliphatic carbocycles. The molecule has 0 spiro atoms. The van der Waals surface area contributed by atoms with Crippen LogP contribution in [0.4, 0.5) is 0 Å². The normalized spacial score (nSPS) is 7.38. The summed E-state index contributed by atoms with van der Waals surface area (Å²) in [7, 11) is 0. The molecule has 3 rings (SSSR count). The van der Waals surface area contributed by atoms with Crippen LogP contribution >= 0.6 is 0 Å². The molecule has 0 fully saturated rings. The second-order valence-corrected chi connectivity index (χ2v) is 10.9. The Hall–Kier alpha value is -1.50. The van der Waals surface area contributed by atoms with Crippen molar-refractivity contribution in [3.63, 3.8) is 0 Å². The summed E-state index contributed by atoms with van der Waals surface area (Å²) in [6, 6.07) is 33.8. The largest absolute Gasteiger partial charge is 0.999 e. The monoisotopic (exact) mass is 618 g/mol. The fourth-order valence-corrected chi connectivity index (χ4v) is 6.63. The van der Waals surface area contributed by atoms with Gasteiger partial charge in [0.25, 0.3) is 0 Å². The minimum atomic E-state index is -1.50. The molecule has 3 aromatic rings. The molecule has 5 heteroatoms. The Bertz CT molecular complexity index is 607. The van der Waals surface area contributed by atoms with Gasteiger partial charge in [-0.1, -0.05) is 0 Å². The Kier molecular flexibility index (Phi) is 26.4. The fraction of sp³-hybridized carbons (Fsp3) is 0.0476. The number of hydrogen-bond donors (Lipinski definition) is 0. The van der Waals surface area contributed by atoms with Gasteiger partial charge in [0, 0.05) is 21.1 Å². The number of benzene rings is 2. The van der Waals surface area contributed by atoms with E-state index in [1.165, 1.54) is 0 Å². The summed E-state index contributed by atoms with van der Waals surface area (Å²) in [6.07, 6.45) is 0. The molecule has 0 bridgehead atoms. The van der Waals surface area contributed by atoms with Crippen LogP contribution in [0.1, 0.15) is 0 Å². The first-order chi connectivity index (χ1) is 12.4. The quantitative estimate of drug-likeness (QED) is 0.241. The number of rotatable bonds is 2. The van der Waals surface area contributed by atoms with Gasteiger partial charge in [-0.2, -0.15) is 0 Å². The van der Waals surface area contributed by atoms with Gasteiger partial charge >= 0.3 is 126 Å². The van der Waals surface area contributed by atoms with Gasteiger partial charge in [-0.3, -0.25) is 0 Å². The molecule has 0 unspecified atom stereocenters. The molecule has 0 amide bonds. The third-order valence-electron chi connectivity index (χ3n) is 2.76. The second-order valence-electron chi connectivity index (χ2n) is 4.04. The first-order valence-corrected chi connectivity index (χ1v) is 12.5. The smallest absolute Gasteiger partial charge is 0 e. The van der Waals surface area contributed by atoms with Crippen LogP contribution in [0, 0.1) is 44.2 Å².